The molecule has 1 atom stereocenters. The van der Waals surface area contributed by atoms with E-state index in [4.69, 9.17) is 22.4 Å². The highest BCUT2D eigenvalue weighted by atomic mass is 79.9. The van der Waals surface area contributed by atoms with E-state index in [1.165, 1.54) is 0 Å². The van der Waals surface area contributed by atoms with E-state index in [9.17, 15) is 4.39 Å². The summed E-state index contributed by atoms with van der Waals surface area (Å²) in [7, 11) is 0. The molecular weight excluding hydrogens is 345 g/mol. The average molecular weight is 358 g/mol. The lowest BCUT2D eigenvalue weighted by atomic mass is 10.2. The average Bonchev–Trinajstić information content (AvgIpc) is 2.81. The number of thiocarbonyl (C=S) groups is 1. The minimum atomic E-state index is -0.453. The highest BCUT2D eigenvalue weighted by Gasteiger charge is 2.17. The van der Waals surface area contributed by atoms with E-state index in [2.05, 4.69) is 26.2 Å². The van der Waals surface area contributed by atoms with Gasteiger partial charge in [0.15, 0.2) is 5.82 Å². The lowest BCUT2D eigenvalue weighted by molar-refractivity contribution is 0.453. The molecule has 0 radical (unpaired) electrons. The van der Waals surface area contributed by atoms with Gasteiger partial charge < -0.3 is 15.5 Å². The van der Waals surface area contributed by atoms with Crippen molar-refractivity contribution in [3.05, 3.63) is 45.8 Å². The molecule has 1 aromatic heterocycles. The highest BCUT2D eigenvalue weighted by Crippen LogP contribution is 2.29. The first-order valence-corrected chi connectivity index (χ1v) is 7.07. The summed E-state index contributed by atoms with van der Waals surface area (Å²) in [6.07, 6.45) is 1.62. The Morgan fingerprint density at radius 1 is 1.55 bits per heavy atom. The van der Waals surface area contributed by atoms with E-state index in [0.717, 1.165) is 0 Å². The minimum absolute atomic E-state index is 0.138. The maximum absolute atomic E-state index is 14.2. The van der Waals surface area contributed by atoms with Gasteiger partial charge in [0.25, 0.3) is 0 Å². The van der Waals surface area contributed by atoms with Gasteiger partial charge in [-0.2, -0.15) is 0 Å². The van der Waals surface area contributed by atoms with Crippen molar-refractivity contribution in [1.82, 2.24) is 4.98 Å². The van der Waals surface area contributed by atoms with Gasteiger partial charge in [0, 0.05) is 5.56 Å². The molecule has 2 aromatic rings. The number of nitrogens with one attached hydrogen (secondary N) is 1. The number of aromatic nitrogens is 1. The second kappa shape index (κ2) is 5.88. The van der Waals surface area contributed by atoms with Crippen LogP contribution in [0.4, 0.5) is 10.1 Å². The molecule has 0 saturated heterocycles. The van der Waals surface area contributed by atoms with Gasteiger partial charge in [-0.25, -0.2) is 9.37 Å². The predicted molar refractivity (Wildman–Crippen MR) is 83.3 cm³/mol. The van der Waals surface area contributed by atoms with Crippen LogP contribution < -0.4 is 11.1 Å². The van der Waals surface area contributed by atoms with Gasteiger partial charge >= 0.3 is 0 Å². The summed E-state index contributed by atoms with van der Waals surface area (Å²) < 4.78 is 19.9. The molecule has 3 N–H and O–H groups in total. The van der Waals surface area contributed by atoms with Crippen LogP contribution in [-0.4, -0.2) is 9.97 Å². The van der Waals surface area contributed by atoms with E-state index >= 15 is 0 Å². The quantitative estimate of drug-likeness (QED) is 0.817. The van der Waals surface area contributed by atoms with Crippen LogP contribution in [0.25, 0.3) is 0 Å². The number of anilines is 1. The molecule has 2 rings (SSSR count). The number of oxazole rings is 1. The lowest BCUT2D eigenvalue weighted by Gasteiger charge is -2.14. The molecule has 1 heterocycles. The molecule has 1 unspecified atom stereocenters. The van der Waals surface area contributed by atoms with Crippen LogP contribution in [0.15, 0.2) is 27.2 Å². The van der Waals surface area contributed by atoms with Crippen molar-refractivity contribution in [2.75, 3.05) is 5.32 Å². The Balaban J connectivity index is 2.26. The lowest BCUT2D eigenvalue weighted by Crippen LogP contribution is -2.13. The zero-order valence-corrected chi connectivity index (χ0v) is 13.3. The Morgan fingerprint density at radius 3 is 2.80 bits per heavy atom. The third-order valence-corrected chi connectivity index (χ3v) is 3.72. The predicted octanol–water partition coefficient (Wildman–Crippen LogP) is 3.69. The number of rotatable bonds is 4. The Bertz CT molecular complexity index is 659. The van der Waals surface area contributed by atoms with Crippen LogP contribution >= 0.6 is 28.1 Å². The topological polar surface area (TPSA) is 64.1 Å². The first-order chi connectivity index (χ1) is 9.40. The van der Waals surface area contributed by atoms with Gasteiger partial charge in [-0.05, 0) is 41.9 Å². The standard InChI is InChI=1S/C13H13BrFN3OS/c1-6-5-17-13(19-6)7(2)18-9-4-3-8(12(16)20)10(14)11(9)15/h3-5,7,18H,1-2H3,(H2,16,20). The fourth-order valence-electron chi connectivity index (χ4n) is 1.72. The molecule has 0 spiro atoms. The Morgan fingerprint density at radius 2 is 2.25 bits per heavy atom. The van der Waals surface area contributed by atoms with E-state index in [-0.39, 0.29) is 15.5 Å². The Labute approximate surface area is 129 Å². The third kappa shape index (κ3) is 2.99. The Kier molecular flexibility index (Phi) is 4.39. The van der Waals surface area contributed by atoms with Crippen LogP contribution in [-0.2, 0) is 0 Å². The smallest absolute Gasteiger partial charge is 0.216 e. The molecule has 1 aromatic carbocycles. The molecule has 0 amide bonds. The largest absolute Gasteiger partial charge is 0.444 e. The molecule has 0 aliphatic carbocycles. The Hall–Kier alpha value is -1.47. The number of hydrogen-bond acceptors (Lipinski definition) is 4. The number of nitrogens with two attached hydrogens (primary N) is 1. The number of benzene rings is 1. The summed E-state index contributed by atoms with van der Waals surface area (Å²) in [4.78, 5) is 4.24. The van der Waals surface area contributed by atoms with Gasteiger partial charge in [0.05, 0.1) is 16.4 Å². The van der Waals surface area contributed by atoms with E-state index in [1.807, 2.05) is 6.92 Å². The number of hydrogen-bond donors (Lipinski definition) is 2. The van der Waals surface area contributed by atoms with E-state index in [1.54, 1.807) is 25.3 Å². The maximum atomic E-state index is 14.2. The SMILES string of the molecule is Cc1cnc(C(C)Nc2ccc(C(N)=S)c(Br)c2F)o1. The van der Waals surface area contributed by atoms with Crippen LogP contribution in [0.5, 0.6) is 0 Å². The molecule has 0 aliphatic heterocycles. The van der Waals surface area contributed by atoms with E-state index < -0.39 is 5.82 Å². The van der Waals surface area contributed by atoms with Crippen molar-refractivity contribution < 1.29 is 8.81 Å². The monoisotopic (exact) mass is 357 g/mol. The van der Waals surface area contributed by atoms with Gasteiger partial charge in [-0.1, -0.05) is 12.2 Å². The van der Waals surface area contributed by atoms with Crippen molar-refractivity contribution in [3.8, 4) is 0 Å². The van der Waals surface area contributed by atoms with Crippen LogP contribution in [0.2, 0.25) is 0 Å². The normalized spacial score (nSPS) is 12.2. The molecule has 106 valence electrons. The summed E-state index contributed by atoms with van der Waals surface area (Å²) in [6.45, 7) is 3.64. The first kappa shape index (κ1) is 14.9. The third-order valence-electron chi connectivity index (χ3n) is 2.73. The van der Waals surface area contributed by atoms with Crippen molar-refractivity contribution in [3.63, 3.8) is 0 Å². The highest BCUT2D eigenvalue weighted by molar-refractivity contribution is 9.10. The molecule has 4 nitrogen and oxygen atoms in total. The summed E-state index contributed by atoms with van der Waals surface area (Å²) >= 11 is 8.02. The van der Waals surface area contributed by atoms with Crippen molar-refractivity contribution >= 4 is 38.8 Å². The van der Waals surface area contributed by atoms with Crippen molar-refractivity contribution in [2.24, 2.45) is 5.73 Å². The molecule has 0 fully saturated rings. The first-order valence-electron chi connectivity index (χ1n) is 5.86. The number of halogens is 2. The zero-order chi connectivity index (χ0) is 14.9. The van der Waals surface area contributed by atoms with Gasteiger partial charge in [0.1, 0.15) is 16.8 Å². The summed E-state index contributed by atoms with van der Waals surface area (Å²) in [5.41, 5.74) is 6.30. The second-order valence-corrected chi connectivity index (χ2v) is 5.56. The zero-order valence-electron chi connectivity index (χ0n) is 10.9. The van der Waals surface area contributed by atoms with Crippen LogP contribution in [0, 0.1) is 12.7 Å². The molecule has 7 heteroatoms. The van der Waals surface area contributed by atoms with Crippen molar-refractivity contribution in [2.45, 2.75) is 19.9 Å². The van der Waals surface area contributed by atoms with Crippen molar-refractivity contribution in [1.29, 1.82) is 0 Å². The fourth-order valence-corrected chi connectivity index (χ4v) is 2.58. The molecular formula is C13H13BrFN3OS. The molecule has 0 aliphatic rings. The summed E-state index contributed by atoms with van der Waals surface area (Å²) in [5.74, 6) is 0.751. The van der Waals surface area contributed by atoms with Crippen LogP contribution in [0.3, 0.4) is 0 Å². The minimum Gasteiger partial charge on any atom is -0.444 e. The maximum Gasteiger partial charge on any atom is 0.216 e. The second-order valence-electron chi connectivity index (χ2n) is 4.33. The van der Waals surface area contributed by atoms with Gasteiger partial charge in [-0.15, -0.1) is 0 Å². The van der Waals surface area contributed by atoms with E-state index in [0.29, 0.717) is 22.9 Å². The van der Waals surface area contributed by atoms with Gasteiger partial charge in [-0.3, -0.25) is 0 Å². The number of aryl methyl sites for hydroxylation is 1. The molecule has 0 bridgehead atoms. The van der Waals surface area contributed by atoms with Crippen LogP contribution in [0.1, 0.15) is 30.2 Å². The molecule has 20 heavy (non-hydrogen) atoms. The van der Waals surface area contributed by atoms with Gasteiger partial charge in [0.2, 0.25) is 5.89 Å². The fraction of sp³-hybridized carbons (Fsp3) is 0.231. The molecule has 0 saturated carbocycles. The summed E-state index contributed by atoms with van der Waals surface area (Å²) in [6, 6.07) is 2.98. The summed E-state index contributed by atoms with van der Waals surface area (Å²) in [5, 5.41) is 3.00. The number of nitrogens with zero attached hydrogens (tertiary/aromatic N) is 1.